The standard InChI is InChI=1S/C23H20N5/c1-26(2)23-27-16-10-9-15-19(27)22-25-24-20(17-11-5-3-6-12-17)21(28(22)23)18-13-7-4-8-14-18/h3-16H,1-2H3/q+1. The van der Waals surface area contributed by atoms with E-state index < -0.39 is 0 Å². The summed E-state index contributed by atoms with van der Waals surface area (Å²) in [5.74, 6) is 1.02. The molecule has 0 radical (unpaired) electrons. The highest BCUT2D eigenvalue weighted by Crippen LogP contribution is 2.30. The summed E-state index contributed by atoms with van der Waals surface area (Å²) < 4.78 is 4.37. The number of aromatic nitrogens is 4. The number of benzene rings is 2. The molecule has 3 aromatic heterocycles. The van der Waals surface area contributed by atoms with E-state index in [2.05, 4.69) is 86.7 Å². The van der Waals surface area contributed by atoms with Crippen molar-refractivity contribution < 1.29 is 4.40 Å². The van der Waals surface area contributed by atoms with E-state index in [9.17, 15) is 0 Å². The van der Waals surface area contributed by atoms with Gasteiger partial charge in [-0.1, -0.05) is 71.8 Å². The molecule has 2 aromatic carbocycles. The lowest BCUT2D eigenvalue weighted by Gasteiger charge is -2.12. The highest BCUT2D eigenvalue weighted by atomic mass is 15.3. The van der Waals surface area contributed by atoms with Crippen LogP contribution in [0.5, 0.6) is 0 Å². The Kier molecular flexibility index (Phi) is 3.79. The van der Waals surface area contributed by atoms with Crippen LogP contribution in [0.2, 0.25) is 0 Å². The Morgan fingerprint density at radius 1 is 0.750 bits per heavy atom. The smallest absolute Gasteiger partial charge is 0.288 e. The molecule has 0 bridgehead atoms. The van der Waals surface area contributed by atoms with E-state index in [1.165, 1.54) is 0 Å². The molecule has 0 unspecified atom stereocenters. The highest BCUT2D eigenvalue weighted by Gasteiger charge is 2.28. The van der Waals surface area contributed by atoms with Crippen molar-refractivity contribution in [2.45, 2.75) is 0 Å². The number of anilines is 1. The normalized spacial score (nSPS) is 11.2. The molecule has 3 heterocycles. The zero-order chi connectivity index (χ0) is 19.1. The molecule has 0 aliphatic heterocycles. The molecule has 0 spiro atoms. The lowest BCUT2D eigenvalue weighted by Crippen LogP contribution is -2.33. The minimum atomic E-state index is 0.836. The Morgan fingerprint density at radius 3 is 2.07 bits per heavy atom. The zero-order valence-electron chi connectivity index (χ0n) is 15.8. The first-order valence-corrected chi connectivity index (χ1v) is 9.25. The number of hydrogen-bond acceptors (Lipinski definition) is 3. The second-order valence-corrected chi connectivity index (χ2v) is 6.94. The van der Waals surface area contributed by atoms with Crippen LogP contribution >= 0.6 is 0 Å². The second-order valence-electron chi connectivity index (χ2n) is 6.94. The molecule has 0 aliphatic carbocycles. The molecule has 0 saturated carbocycles. The van der Waals surface area contributed by atoms with E-state index in [0.29, 0.717) is 0 Å². The fraction of sp³-hybridized carbons (Fsp3) is 0.0870. The zero-order valence-corrected chi connectivity index (χ0v) is 15.8. The van der Waals surface area contributed by atoms with Gasteiger partial charge in [0.2, 0.25) is 0 Å². The average molecular weight is 366 g/mol. The Balaban J connectivity index is 2.01. The quantitative estimate of drug-likeness (QED) is 0.455. The Morgan fingerprint density at radius 2 is 1.39 bits per heavy atom. The van der Waals surface area contributed by atoms with Gasteiger partial charge >= 0.3 is 5.95 Å². The van der Waals surface area contributed by atoms with Crippen LogP contribution in [0.4, 0.5) is 5.95 Å². The van der Waals surface area contributed by atoms with Crippen LogP contribution in [0, 0.1) is 0 Å². The molecule has 0 amide bonds. The van der Waals surface area contributed by atoms with Crippen LogP contribution in [-0.2, 0) is 0 Å². The van der Waals surface area contributed by atoms with Crippen molar-refractivity contribution >= 4 is 17.1 Å². The van der Waals surface area contributed by atoms with Crippen LogP contribution in [-0.4, -0.2) is 28.7 Å². The summed E-state index contributed by atoms with van der Waals surface area (Å²) in [6, 6.07) is 26.8. The molecule has 0 fully saturated rings. The van der Waals surface area contributed by atoms with Crippen LogP contribution in [0.25, 0.3) is 33.7 Å². The van der Waals surface area contributed by atoms with Gasteiger partial charge in [-0.25, -0.2) is 4.40 Å². The highest BCUT2D eigenvalue weighted by molar-refractivity contribution is 5.79. The Bertz CT molecular complexity index is 1270. The molecule has 5 heteroatoms. The van der Waals surface area contributed by atoms with Crippen molar-refractivity contribution in [1.82, 2.24) is 14.6 Å². The van der Waals surface area contributed by atoms with Gasteiger partial charge in [-0.2, -0.15) is 4.40 Å². The fourth-order valence-corrected chi connectivity index (χ4v) is 3.74. The van der Waals surface area contributed by atoms with Crippen molar-refractivity contribution in [1.29, 1.82) is 0 Å². The van der Waals surface area contributed by atoms with Crippen LogP contribution in [0.1, 0.15) is 0 Å². The van der Waals surface area contributed by atoms with E-state index in [4.69, 9.17) is 0 Å². The molecule has 5 aromatic rings. The summed E-state index contributed by atoms with van der Waals surface area (Å²) in [5, 5.41) is 9.31. The largest absolute Gasteiger partial charge is 0.329 e. The van der Waals surface area contributed by atoms with Gasteiger partial charge in [0.25, 0.3) is 5.65 Å². The maximum absolute atomic E-state index is 4.67. The molecule has 0 saturated heterocycles. The summed E-state index contributed by atoms with van der Waals surface area (Å²) in [5.41, 5.74) is 5.90. The summed E-state index contributed by atoms with van der Waals surface area (Å²) in [4.78, 5) is 2.11. The van der Waals surface area contributed by atoms with Crippen LogP contribution in [0.3, 0.4) is 0 Å². The number of nitrogens with zero attached hydrogens (tertiary/aromatic N) is 5. The third-order valence-electron chi connectivity index (χ3n) is 4.90. The summed E-state index contributed by atoms with van der Waals surface area (Å²) in [6.07, 6.45) is 2.07. The summed E-state index contributed by atoms with van der Waals surface area (Å²) in [7, 11) is 4.11. The number of rotatable bonds is 3. The minimum Gasteiger partial charge on any atom is -0.288 e. The summed E-state index contributed by atoms with van der Waals surface area (Å²) >= 11 is 0. The molecular formula is C23H20N5+. The second kappa shape index (κ2) is 6.46. The predicted molar refractivity (Wildman–Crippen MR) is 111 cm³/mol. The lowest BCUT2D eigenvalue weighted by molar-refractivity contribution is -0.487. The van der Waals surface area contributed by atoms with Crippen LogP contribution in [0.15, 0.2) is 85.1 Å². The van der Waals surface area contributed by atoms with E-state index in [0.717, 1.165) is 39.6 Å². The van der Waals surface area contributed by atoms with E-state index in [1.54, 1.807) is 0 Å². The molecule has 5 rings (SSSR count). The van der Waals surface area contributed by atoms with Crippen molar-refractivity contribution in [3.8, 4) is 22.5 Å². The van der Waals surface area contributed by atoms with Crippen molar-refractivity contribution in [3.63, 3.8) is 0 Å². The van der Waals surface area contributed by atoms with E-state index >= 15 is 0 Å². The SMILES string of the molecule is CN(C)c1n2ccccc2c2nnc(-c3ccccc3)c(-c3ccccc3)[n+]12. The molecule has 5 nitrogen and oxygen atoms in total. The Labute approximate surface area is 163 Å². The van der Waals surface area contributed by atoms with Gasteiger partial charge in [-0.05, 0) is 17.2 Å². The molecule has 28 heavy (non-hydrogen) atoms. The average Bonchev–Trinajstić information content (AvgIpc) is 3.09. The van der Waals surface area contributed by atoms with Gasteiger partial charge in [0.15, 0.2) is 5.52 Å². The first kappa shape index (κ1) is 16.4. The topological polar surface area (TPSA) is 37.5 Å². The fourth-order valence-electron chi connectivity index (χ4n) is 3.74. The number of hydrogen-bond donors (Lipinski definition) is 0. The molecule has 0 atom stereocenters. The van der Waals surface area contributed by atoms with Crippen molar-refractivity contribution in [2.75, 3.05) is 19.0 Å². The van der Waals surface area contributed by atoms with Crippen LogP contribution < -0.4 is 9.30 Å². The van der Waals surface area contributed by atoms with Gasteiger partial charge < -0.3 is 0 Å². The minimum absolute atomic E-state index is 0.836. The van der Waals surface area contributed by atoms with Gasteiger partial charge in [-0.15, -0.1) is 0 Å². The Hall–Kier alpha value is -3.73. The number of fused-ring (bicyclic) bond motifs is 3. The summed E-state index contributed by atoms with van der Waals surface area (Å²) in [6.45, 7) is 0. The van der Waals surface area contributed by atoms with Crippen molar-refractivity contribution in [3.05, 3.63) is 85.1 Å². The first-order valence-electron chi connectivity index (χ1n) is 9.25. The molecular weight excluding hydrogens is 346 g/mol. The van der Waals surface area contributed by atoms with Gasteiger partial charge in [0.05, 0.1) is 6.20 Å². The van der Waals surface area contributed by atoms with Gasteiger partial charge in [0.1, 0.15) is 11.4 Å². The molecule has 0 N–H and O–H groups in total. The van der Waals surface area contributed by atoms with Gasteiger partial charge in [0, 0.05) is 25.2 Å². The lowest BCUT2D eigenvalue weighted by atomic mass is 10.0. The van der Waals surface area contributed by atoms with Crippen molar-refractivity contribution in [2.24, 2.45) is 0 Å². The maximum Gasteiger partial charge on any atom is 0.329 e. The van der Waals surface area contributed by atoms with Gasteiger partial charge in [-0.3, -0.25) is 4.90 Å². The third-order valence-corrected chi connectivity index (χ3v) is 4.90. The molecule has 136 valence electrons. The number of pyridine rings is 1. The molecule has 0 aliphatic rings. The van der Waals surface area contributed by atoms with E-state index in [-0.39, 0.29) is 0 Å². The number of imidazole rings is 1. The van der Waals surface area contributed by atoms with E-state index in [1.807, 2.05) is 36.4 Å². The monoisotopic (exact) mass is 366 g/mol. The third kappa shape index (κ3) is 2.44. The predicted octanol–water partition coefficient (Wildman–Crippen LogP) is 3.87. The first-order chi connectivity index (χ1) is 13.8. The maximum atomic E-state index is 4.67.